The van der Waals surface area contributed by atoms with Gasteiger partial charge in [-0.05, 0) is 30.2 Å². The number of amides is 1. The van der Waals surface area contributed by atoms with E-state index in [0.29, 0.717) is 17.3 Å². The number of hydrogen-bond donors (Lipinski definition) is 2. The zero-order chi connectivity index (χ0) is 21.1. The second-order valence-electron chi connectivity index (χ2n) is 6.85. The van der Waals surface area contributed by atoms with Crippen molar-refractivity contribution in [2.24, 2.45) is 0 Å². The van der Waals surface area contributed by atoms with Crippen LogP contribution in [0.25, 0.3) is 16.7 Å². The van der Waals surface area contributed by atoms with Gasteiger partial charge < -0.3 is 10.4 Å². The van der Waals surface area contributed by atoms with Gasteiger partial charge in [-0.3, -0.25) is 14.5 Å². The van der Waals surface area contributed by atoms with E-state index in [1.807, 2.05) is 29.9 Å². The monoisotopic (exact) mass is 425 g/mol. The first-order valence-electron chi connectivity index (χ1n) is 9.38. The summed E-state index contributed by atoms with van der Waals surface area (Å²) in [5.74, 6) is 0.530. The number of nitrogens with one attached hydrogen (secondary N) is 1. The normalized spacial score (nSPS) is 11.2. The molecule has 1 amide bonds. The molecule has 9 nitrogen and oxygen atoms in total. The summed E-state index contributed by atoms with van der Waals surface area (Å²) >= 11 is 5.95. The lowest BCUT2D eigenvalue weighted by Gasteiger charge is -2.07. The Morgan fingerprint density at radius 1 is 1.27 bits per heavy atom. The standard InChI is InChI=1S/C20H20ClN7O2/c1-13-6-14(8-24-20(13)28-11-15(21)9-25-28)10-27-12-16-17(26-27)2-3-22-18(16)7-19(30)23-4-5-29/h2-3,6,8-9,11-12,29H,4-5,7,10H2,1H3,(H,23,30). The van der Waals surface area contributed by atoms with Crippen molar-refractivity contribution in [1.82, 2.24) is 34.8 Å². The van der Waals surface area contributed by atoms with Crippen molar-refractivity contribution < 1.29 is 9.90 Å². The van der Waals surface area contributed by atoms with Crippen molar-refractivity contribution in [2.45, 2.75) is 19.9 Å². The van der Waals surface area contributed by atoms with E-state index in [-0.39, 0.29) is 25.5 Å². The van der Waals surface area contributed by atoms with E-state index >= 15 is 0 Å². The zero-order valence-electron chi connectivity index (χ0n) is 16.3. The molecular weight excluding hydrogens is 406 g/mol. The molecule has 0 aliphatic heterocycles. The highest BCUT2D eigenvalue weighted by Gasteiger charge is 2.12. The number of rotatable bonds is 7. The number of aliphatic hydroxyl groups excluding tert-OH is 1. The van der Waals surface area contributed by atoms with Crippen LogP contribution in [-0.2, 0) is 17.8 Å². The molecule has 0 unspecified atom stereocenters. The summed E-state index contributed by atoms with van der Waals surface area (Å²) in [5, 5.41) is 21.6. The van der Waals surface area contributed by atoms with Gasteiger partial charge in [-0.25, -0.2) is 9.67 Å². The van der Waals surface area contributed by atoms with Gasteiger partial charge >= 0.3 is 0 Å². The Bertz CT molecular complexity index is 1200. The van der Waals surface area contributed by atoms with Crippen LogP contribution in [0.2, 0.25) is 5.02 Å². The minimum Gasteiger partial charge on any atom is -0.395 e. The van der Waals surface area contributed by atoms with E-state index in [9.17, 15) is 4.79 Å². The van der Waals surface area contributed by atoms with Gasteiger partial charge in [-0.2, -0.15) is 10.2 Å². The molecule has 0 spiro atoms. The second-order valence-corrected chi connectivity index (χ2v) is 7.29. The van der Waals surface area contributed by atoms with Crippen LogP contribution in [0.5, 0.6) is 0 Å². The van der Waals surface area contributed by atoms with Crippen molar-refractivity contribution in [3.05, 3.63) is 65.0 Å². The molecule has 0 atom stereocenters. The topological polar surface area (TPSA) is 111 Å². The summed E-state index contributed by atoms with van der Waals surface area (Å²) in [6, 6.07) is 3.85. The fourth-order valence-electron chi connectivity index (χ4n) is 3.24. The summed E-state index contributed by atoms with van der Waals surface area (Å²) in [4.78, 5) is 20.8. The Labute approximate surface area is 177 Å². The number of aromatic nitrogens is 6. The highest BCUT2D eigenvalue weighted by Crippen LogP contribution is 2.18. The molecule has 0 radical (unpaired) electrons. The van der Waals surface area contributed by atoms with Crippen molar-refractivity contribution in [2.75, 3.05) is 13.2 Å². The van der Waals surface area contributed by atoms with E-state index in [1.165, 1.54) is 0 Å². The lowest BCUT2D eigenvalue weighted by molar-refractivity contribution is -0.120. The highest BCUT2D eigenvalue weighted by atomic mass is 35.5. The first-order chi connectivity index (χ1) is 14.5. The minimum absolute atomic E-state index is 0.0963. The van der Waals surface area contributed by atoms with Gasteiger partial charge in [0.15, 0.2) is 5.82 Å². The number of hydrogen-bond acceptors (Lipinski definition) is 6. The van der Waals surface area contributed by atoms with Crippen LogP contribution in [0.1, 0.15) is 16.8 Å². The number of halogens is 1. The molecule has 0 fully saturated rings. The van der Waals surface area contributed by atoms with E-state index in [2.05, 4.69) is 25.5 Å². The summed E-state index contributed by atoms with van der Waals surface area (Å²) in [6.45, 7) is 2.62. The molecule has 0 aliphatic rings. The van der Waals surface area contributed by atoms with E-state index in [0.717, 1.165) is 27.8 Å². The van der Waals surface area contributed by atoms with Crippen LogP contribution in [0.4, 0.5) is 0 Å². The molecule has 0 aromatic carbocycles. The Morgan fingerprint density at radius 2 is 2.13 bits per heavy atom. The highest BCUT2D eigenvalue weighted by molar-refractivity contribution is 6.30. The molecule has 154 valence electrons. The number of nitrogens with zero attached hydrogens (tertiary/aromatic N) is 6. The Morgan fingerprint density at radius 3 is 2.87 bits per heavy atom. The smallest absolute Gasteiger partial charge is 0.226 e. The van der Waals surface area contributed by atoms with Gasteiger partial charge in [0.1, 0.15) is 0 Å². The molecular formula is C20H20ClN7O2. The SMILES string of the molecule is Cc1cc(Cn2cc3c(CC(=O)NCCO)nccc3n2)cnc1-n1cc(Cl)cn1. The van der Waals surface area contributed by atoms with Crippen LogP contribution in [0, 0.1) is 6.92 Å². The van der Waals surface area contributed by atoms with Gasteiger partial charge in [0.25, 0.3) is 0 Å². The van der Waals surface area contributed by atoms with Gasteiger partial charge in [-0.1, -0.05) is 11.6 Å². The Kier molecular flexibility index (Phi) is 5.73. The van der Waals surface area contributed by atoms with Gasteiger partial charge in [0.2, 0.25) is 5.91 Å². The number of fused-ring (bicyclic) bond motifs is 1. The maximum atomic E-state index is 12.0. The van der Waals surface area contributed by atoms with Crippen molar-refractivity contribution in [1.29, 1.82) is 0 Å². The summed E-state index contributed by atoms with van der Waals surface area (Å²) in [6.07, 6.45) is 8.72. The number of aryl methyl sites for hydroxylation is 1. The average molecular weight is 426 g/mol. The average Bonchev–Trinajstić information content (AvgIpc) is 3.33. The Balaban J connectivity index is 1.55. The van der Waals surface area contributed by atoms with Crippen molar-refractivity contribution in [3.63, 3.8) is 0 Å². The van der Waals surface area contributed by atoms with Crippen LogP contribution in [0.3, 0.4) is 0 Å². The van der Waals surface area contributed by atoms with Crippen LogP contribution < -0.4 is 5.32 Å². The van der Waals surface area contributed by atoms with E-state index in [1.54, 1.807) is 29.5 Å². The third kappa shape index (κ3) is 4.32. The molecule has 4 aromatic heterocycles. The van der Waals surface area contributed by atoms with E-state index < -0.39 is 0 Å². The predicted octanol–water partition coefficient (Wildman–Crippen LogP) is 1.67. The minimum atomic E-state index is -0.189. The largest absolute Gasteiger partial charge is 0.395 e. The van der Waals surface area contributed by atoms with Crippen LogP contribution in [-0.4, -0.2) is 53.7 Å². The molecule has 0 saturated carbocycles. The maximum Gasteiger partial charge on any atom is 0.226 e. The summed E-state index contributed by atoms with van der Waals surface area (Å²) < 4.78 is 3.45. The van der Waals surface area contributed by atoms with Crippen LogP contribution >= 0.6 is 11.6 Å². The maximum absolute atomic E-state index is 12.0. The van der Waals surface area contributed by atoms with Gasteiger partial charge in [0.05, 0.1) is 48.2 Å². The second kappa shape index (κ2) is 8.60. The number of carbonyl (C=O) groups excluding carboxylic acids is 1. The quantitative estimate of drug-likeness (QED) is 0.466. The molecule has 10 heteroatoms. The molecule has 4 aromatic rings. The lowest BCUT2D eigenvalue weighted by atomic mass is 10.2. The molecule has 30 heavy (non-hydrogen) atoms. The lowest BCUT2D eigenvalue weighted by Crippen LogP contribution is -2.28. The molecule has 0 aliphatic carbocycles. The number of aliphatic hydroxyl groups is 1. The third-order valence-corrected chi connectivity index (χ3v) is 4.74. The van der Waals surface area contributed by atoms with E-state index in [4.69, 9.17) is 16.7 Å². The van der Waals surface area contributed by atoms with Gasteiger partial charge in [0, 0.05) is 30.5 Å². The predicted molar refractivity (Wildman–Crippen MR) is 112 cm³/mol. The first-order valence-corrected chi connectivity index (χ1v) is 9.76. The van der Waals surface area contributed by atoms with Crippen molar-refractivity contribution in [3.8, 4) is 5.82 Å². The van der Waals surface area contributed by atoms with Gasteiger partial charge in [-0.15, -0.1) is 0 Å². The molecule has 4 rings (SSSR count). The van der Waals surface area contributed by atoms with Crippen LogP contribution in [0.15, 0.2) is 43.1 Å². The fraction of sp³-hybridized carbons (Fsp3) is 0.250. The summed E-state index contributed by atoms with van der Waals surface area (Å²) in [5.41, 5.74) is 3.36. The zero-order valence-corrected chi connectivity index (χ0v) is 17.0. The fourth-order valence-corrected chi connectivity index (χ4v) is 3.37. The third-order valence-electron chi connectivity index (χ3n) is 4.55. The molecule has 4 heterocycles. The molecule has 0 bridgehead atoms. The first kappa shape index (κ1) is 20.0. The molecule has 2 N–H and O–H groups in total. The van der Waals surface area contributed by atoms with Crippen molar-refractivity contribution >= 4 is 28.4 Å². The summed E-state index contributed by atoms with van der Waals surface area (Å²) in [7, 11) is 0. The molecule has 0 saturated heterocycles. The Hall–Kier alpha value is -3.30. The number of carbonyl (C=O) groups is 1. The number of pyridine rings is 2.